The second-order valence-corrected chi connectivity index (χ2v) is 9.55. The van der Waals surface area contributed by atoms with Crippen LogP contribution in [0.25, 0.3) is 22.2 Å². The van der Waals surface area contributed by atoms with Crippen molar-refractivity contribution in [2.75, 3.05) is 26.3 Å². The fourth-order valence-corrected chi connectivity index (χ4v) is 4.96. The summed E-state index contributed by atoms with van der Waals surface area (Å²) in [5, 5.41) is 16.0. The van der Waals surface area contributed by atoms with E-state index in [1.165, 1.54) is 4.57 Å². The van der Waals surface area contributed by atoms with Gasteiger partial charge in [-0.25, -0.2) is 4.79 Å². The SMILES string of the molecule is Cn1c(=O)oc2ccc(-c3ccc(CC(C#N)NC(=O)C4CNCCC5(COC5)C4)cc3)cc21. The summed E-state index contributed by atoms with van der Waals surface area (Å²) < 4.78 is 12.1. The molecule has 176 valence electrons. The number of benzene rings is 2. The average molecular weight is 461 g/mol. The summed E-state index contributed by atoms with van der Waals surface area (Å²) >= 11 is 0. The first-order valence-corrected chi connectivity index (χ1v) is 11.6. The monoisotopic (exact) mass is 460 g/mol. The molecule has 3 heterocycles. The van der Waals surface area contributed by atoms with Crippen LogP contribution in [0.2, 0.25) is 0 Å². The van der Waals surface area contributed by atoms with E-state index in [0.29, 0.717) is 18.5 Å². The Bertz CT molecular complexity index is 1300. The van der Waals surface area contributed by atoms with Crippen molar-refractivity contribution in [2.45, 2.75) is 25.3 Å². The summed E-state index contributed by atoms with van der Waals surface area (Å²) in [6, 6.07) is 15.2. The van der Waals surface area contributed by atoms with Gasteiger partial charge in [-0.2, -0.15) is 5.26 Å². The first-order valence-electron chi connectivity index (χ1n) is 11.6. The Morgan fingerprint density at radius 3 is 2.74 bits per heavy atom. The first kappa shape index (κ1) is 22.4. The third-order valence-electron chi connectivity index (χ3n) is 7.08. The standard InChI is InChI=1S/C26H28N4O4/c1-30-22-11-19(6-7-23(22)34-25(30)32)18-4-2-17(3-5-18)10-21(13-27)29-24(31)20-12-26(15-33-16-26)8-9-28-14-20/h2-7,11,20-21,28H,8-10,12,14-16H2,1H3,(H,29,31). The van der Waals surface area contributed by atoms with Gasteiger partial charge in [-0.05, 0) is 48.2 Å². The van der Waals surface area contributed by atoms with Crippen LogP contribution in [0, 0.1) is 22.7 Å². The minimum absolute atomic E-state index is 0.0668. The number of nitrogens with zero attached hydrogens (tertiary/aromatic N) is 2. The van der Waals surface area contributed by atoms with Crippen LogP contribution in [0.5, 0.6) is 0 Å². The minimum atomic E-state index is -0.591. The molecule has 5 rings (SSSR count). The predicted molar refractivity (Wildman–Crippen MR) is 127 cm³/mol. The van der Waals surface area contributed by atoms with Crippen LogP contribution in [-0.4, -0.2) is 42.8 Å². The van der Waals surface area contributed by atoms with E-state index in [2.05, 4.69) is 16.7 Å². The zero-order valence-corrected chi connectivity index (χ0v) is 19.2. The van der Waals surface area contributed by atoms with Crippen molar-refractivity contribution in [3.63, 3.8) is 0 Å². The van der Waals surface area contributed by atoms with Crippen LogP contribution in [-0.2, 0) is 23.0 Å². The van der Waals surface area contributed by atoms with Gasteiger partial charge < -0.3 is 19.8 Å². The van der Waals surface area contributed by atoms with Crippen molar-refractivity contribution < 1.29 is 13.9 Å². The van der Waals surface area contributed by atoms with Crippen LogP contribution < -0.4 is 16.4 Å². The molecule has 2 aromatic carbocycles. The van der Waals surface area contributed by atoms with E-state index in [9.17, 15) is 14.9 Å². The van der Waals surface area contributed by atoms with Crippen LogP contribution in [0.1, 0.15) is 18.4 Å². The number of hydrogen-bond donors (Lipinski definition) is 2. The summed E-state index contributed by atoms with van der Waals surface area (Å²) in [4.78, 5) is 24.7. The molecule has 2 N–H and O–H groups in total. The molecular weight excluding hydrogens is 432 g/mol. The van der Waals surface area contributed by atoms with Crippen molar-refractivity contribution >= 4 is 17.0 Å². The van der Waals surface area contributed by atoms with Crippen molar-refractivity contribution in [2.24, 2.45) is 18.4 Å². The van der Waals surface area contributed by atoms with Crippen molar-refractivity contribution in [1.29, 1.82) is 5.26 Å². The number of rotatable bonds is 5. The maximum absolute atomic E-state index is 12.9. The molecule has 2 fully saturated rings. The van der Waals surface area contributed by atoms with Gasteiger partial charge in [0.25, 0.3) is 0 Å². The van der Waals surface area contributed by atoms with E-state index in [0.717, 1.165) is 54.8 Å². The molecule has 8 heteroatoms. The van der Waals surface area contributed by atoms with Crippen LogP contribution in [0.4, 0.5) is 0 Å². The molecule has 1 spiro atoms. The number of carbonyl (C=O) groups excluding carboxylic acids is 1. The Morgan fingerprint density at radius 2 is 2.03 bits per heavy atom. The number of oxazole rings is 1. The largest absolute Gasteiger partial charge is 0.419 e. The van der Waals surface area contributed by atoms with E-state index < -0.39 is 6.04 Å². The molecule has 0 aliphatic carbocycles. The third-order valence-corrected chi connectivity index (χ3v) is 7.08. The lowest BCUT2D eigenvalue weighted by Crippen LogP contribution is -2.47. The van der Waals surface area contributed by atoms with Crippen molar-refractivity contribution in [3.8, 4) is 17.2 Å². The molecular formula is C26H28N4O4. The van der Waals surface area contributed by atoms with Gasteiger partial charge >= 0.3 is 5.76 Å². The zero-order chi connectivity index (χ0) is 23.7. The molecule has 2 saturated heterocycles. The van der Waals surface area contributed by atoms with Gasteiger partial charge in [0.05, 0.1) is 30.7 Å². The molecule has 2 aliphatic heterocycles. The zero-order valence-electron chi connectivity index (χ0n) is 19.2. The maximum atomic E-state index is 12.9. The lowest BCUT2D eigenvalue weighted by Gasteiger charge is -2.42. The second-order valence-electron chi connectivity index (χ2n) is 9.55. The molecule has 2 unspecified atom stereocenters. The molecule has 0 saturated carbocycles. The molecule has 2 atom stereocenters. The molecule has 0 bridgehead atoms. The van der Waals surface area contributed by atoms with Gasteiger partial charge in [0.15, 0.2) is 5.58 Å². The van der Waals surface area contributed by atoms with Gasteiger partial charge in [0.1, 0.15) is 6.04 Å². The Labute approximate surface area is 197 Å². The van der Waals surface area contributed by atoms with Crippen molar-refractivity contribution in [3.05, 3.63) is 58.6 Å². The van der Waals surface area contributed by atoms with Crippen LogP contribution in [0.15, 0.2) is 51.7 Å². The number of aromatic nitrogens is 1. The summed E-state index contributed by atoms with van der Waals surface area (Å²) in [6.07, 6.45) is 2.26. The molecule has 1 amide bonds. The predicted octanol–water partition coefficient (Wildman–Crippen LogP) is 2.37. The number of nitrogens with one attached hydrogen (secondary N) is 2. The number of amides is 1. The number of carbonyl (C=O) groups is 1. The Balaban J connectivity index is 1.24. The van der Waals surface area contributed by atoms with E-state index >= 15 is 0 Å². The van der Waals surface area contributed by atoms with E-state index in [1.54, 1.807) is 13.1 Å². The fraction of sp³-hybridized carbons (Fsp3) is 0.423. The fourth-order valence-electron chi connectivity index (χ4n) is 4.96. The van der Waals surface area contributed by atoms with Gasteiger partial charge in [0, 0.05) is 25.4 Å². The Hall–Kier alpha value is -3.41. The number of ether oxygens (including phenoxy) is 1. The van der Waals surface area contributed by atoms with Crippen LogP contribution >= 0.6 is 0 Å². The van der Waals surface area contributed by atoms with Gasteiger partial charge in [-0.3, -0.25) is 9.36 Å². The van der Waals surface area contributed by atoms with E-state index in [-0.39, 0.29) is 23.0 Å². The van der Waals surface area contributed by atoms with Gasteiger partial charge in [0.2, 0.25) is 5.91 Å². The van der Waals surface area contributed by atoms with E-state index in [1.807, 2.05) is 36.4 Å². The normalized spacial score (nSPS) is 20.3. The summed E-state index contributed by atoms with van der Waals surface area (Å²) in [6.45, 7) is 2.96. The lowest BCUT2D eigenvalue weighted by atomic mass is 9.75. The number of fused-ring (bicyclic) bond motifs is 1. The number of hydrogen-bond acceptors (Lipinski definition) is 6. The smallest absolute Gasteiger partial charge is 0.408 e. The highest BCUT2D eigenvalue weighted by molar-refractivity contribution is 5.81. The Morgan fingerprint density at radius 1 is 1.26 bits per heavy atom. The molecule has 34 heavy (non-hydrogen) atoms. The maximum Gasteiger partial charge on any atom is 0.419 e. The van der Waals surface area contributed by atoms with Gasteiger partial charge in [-0.1, -0.05) is 30.3 Å². The quantitative estimate of drug-likeness (QED) is 0.605. The molecule has 8 nitrogen and oxygen atoms in total. The van der Waals surface area contributed by atoms with Crippen molar-refractivity contribution in [1.82, 2.24) is 15.2 Å². The second kappa shape index (κ2) is 9.09. The highest BCUT2D eigenvalue weighted by Crippen LogP contribution is 2.39. The molecule has 1 aromatic heterocycles. The summed E-state index contributed by atoms with van der Waals surface area (Å²) in [5.41, 5.74) is 4.33. The van der Waals surface area contributed by atoms with E-state index in [4.69, 9.17) is 9.15 Å². The average Bonchev–Trinajstić information content (AvgIpc) is 2.99. The minimum Gasteiger partial charge on any atom is -0.408 e. The third kappa shape index (κ3) is 4.37. The summed E-state index contributed by atoms with van der Waals surface area (Å²) in [5.74, 6) is -0.607. The first-order chi connectivity index (χ1) is 16.5. The molecule has 0 radical (unpaired) electrons. The molecule has 3 aromatic rings. The number of aryl methyl sites for hydroxylation is 1. The Kier molecular flexibility index (Phi) is 5.98. The number of nitriles is 1. The topological polar surface area (TPSA) is 109 Å². The summed E-state index contributed by atoms with van der Waals surface area (Å²) in [7, 11) is 1.68. The molecule has 2 aliphatic rings. The van der Waals surface area contributed by atoms with Crippen LogP contribution in [0.3, 0.4) is 0 Å². The highest BCUT2D eigenvalue weighted by Gasteiger charge is 2.43. The highest BCUT2D eigenvalue weighted by atomic mass is 16.5. The lowest BCUT2D eigenvalue weighted by molar-refractivity contribution is -0.138. The van der Waals surface area contributed by atoms with Gasteiger partial charge in [-0.15, -0.1) is 0 Å².